The van der Waals surface area contributed by atoms with Gasteiger partial charge in [0.15, 0.2) is 5.69 Å². The van der Waals surface area contributed by atoms with Crippen LogP contribution in [0.4, 0.5) is 23.2 Å². The van der Waals surface area contributed by atoms with Gasteiger partial charge in [0.05, 0.1) is 27.0 Å². The Balaban J connectivity index is 2.68. The van der Waals surface area contributed by atoms with Gasteiger partial charge < -0.3 is 10.8 Å². The van der Waals surface area contributed by atoms with Crippen LogP contribution in [0.25, 0.3) is 11.3 Å². The molecular formula is C13H6Cl2F4N2O2. The van der Waals surface area contributed by atoms with Gasteiger partial charge in [-0.1, -0.05) is 29.3 Å². The number of pyridine rings is 1. The summed E-state index contributed by atoms with van der Waals surface area (Å²) in [6, 6.07) is 1.93. The van der Waals surface area contributed by atoms with Gasteiger partial charge in [-0.25, -0.2) is 14.2 Å². The van der Waals surface area contributed by atoms with Gasteiger partial charge in [0.25, 0.3) is 0 Å². The van der Waals surface area contributed by atoms with Crippen molar-refractivity contribution in [3.8, 4) is 11.3 Å². The van der Waals surface area contributed by atoms with Gasteiger partial charge in [-0.05, 0) is 12.1 Å². The Morgan fingerprint density at radius 2 is 1.83 bits per heavy atom. The summed E-state index contributed by atoms with van der Waals surface area (Å²) < 4.78 is 51.3. The number of carbonyl (C=O) groups is 1. The molecule has 1 heterocycles. The van der Waals surface area contributed by atoms with Crippen molar-refractivity contribution in [3.63, 3.8) is 0 Å². The van der Waals surface area contributed by atoms with E-state index in [9.17, 15) is 22.4 Å². The quantitative estimate of drug-likeness (QED) is 0.765. The molecule has 1 aromatic heterocycles. The average molecular weight is 369 g/mol. The highest BCUT2D eigenvalue weighted by atomic mass is 35.5. The van der Waals surface area contributed by atoms with Gasteiger partial charge in [0.1, 0.15) is 5.82 Å². The van der Waals surface area contributed by atoms with Crippen molar-refractivity contribution in [3.05, 3.63) is 45.3 Å². The topological polar surface area (TPSA) is 76.2 Å². The van der Waals surface area contributed by atoms with E-state index in [1.165, 1.54) is 0 Å². The Hall–Kier alpha value is -2.06. The second-order valence-electron chi connectivity index (χ2n) is 4.35. The molecule has 0 saturated heterocycles. The van der Waals surface area contributed by atoms with Crippen molar-refractivity contribution < 1.29 is 27.5 Å². The standard InChI is InChI=1S/C13H6Cl2F4N2O2/c14-7-9(20)8(15)11(12(22)23)21-10(7)4-1-2-5(6(16)3-4)13(17,18)19/h1-3H,(H2,20,21)(H,22,23). The largest absolute Gasteiger partial charge is 0.476 e. The number of hydrogen-bond donors (Lipinski definition) is 2. The predicted octanol–water partition coefficient (Wildman–Crippen LogP) is 4.49. The number of carboxylic acids is 1. The molecule has 10 heteroatoms. The molecule has 0 amide bonds. The zero-order valence-corrected chi connectivity index (χ0v) is 12.4. The highest BCUT2D eigenvalue weighted by Gasteiger charge is 2.34. The fraction of sp³-hybridized carbons (Fsp3) is 0.0769. The number of hydrogen-bond acceptors (Lipinski definition) is 3. The van der Waals surface area contributed by atoms with E-state index in [-0.39, 0.29) is 22.0 Å². The number of nitrogens with two attached hydrogens (primary N) is 1. The molecule has 0 aliphatic carbocycles. The first-order valence-corrected chi connectivity index (χ1v) is 6.54. The smallest absolute Gasteiger partial charge is 0.419 e. The van der Waals surface area contributed by atoms with E-state index in [0.717, 1.165) is 6.07 Å². The molecule has 0 bridgehead atoms. The molecule has 0 radical (unpaired) electrons. The van der Waals surface area contributed by atoms with Gasteiger partial charge in [-0.15, -0.1) is 0 Å². The lowest BCUT2D eigenvalue weighted by molar-refractivity contribution is -0.139. The number of alkyl halides is 3. The molecule has 2 rings (SSSR count). The monoisotopic (exact) mass is 368 g/mol. The Kier molecular flexibility index (Phi) is 4.41. The third-order valence-corrected chi connectivity index (χ3v) is 3.63. The summed E-state index contributed by atoms with van der Waals surface area (Å²) in [4.78, 5) is 14.7. The van der Waals surface area contributed by atoms with Crippen LogP contribution in [-0.2, 0) is 6.18 Å². The Morgan fingerprint density at radius 1 is 1.22 bits per heavy atom. The van der Waals surface area contributed by atoms with E-state index in [1.807, 2.05) is 0 Å². The molecular weight excluding hydrogens is 363 g/mol. The van der Waals surface area contributed by atoms with Crippen LogP contribution >= 0.6 is 23.2 Å². The number of halogens is 6. The molecule has 0 spiro atoms. The number of anilines is 1. The van der Waals surface area contributed by atoms with Crippen molar-refractivity contribution in [2.24, 2.45) is 0 Å². The van der Waals surface area contributed by atoms with Crippen LogP contribution in [0.1, 0.15) is 16.1 Å². The van der Waals surface area contributed by atoms with Crippen LogP contribution < -0.4 is 5.73 Å². The van der Waals surface area contributed by atoms with Gasteiger partial charge in [0.2, 0.25) is 0 Å². The maximum absolute atomic E-state index is 13.6. The Labute approximate surface area is 136 Å². The lowest BCUT2D eigenvalue weighted by Gasteiger charge is -2.12. The first kappa shape index (κ1) is 17.3. The summed E-state index contributed by atoms with van der Waals surface area (Å²) in [5, 5.41) is 8.28. The molecule has 122 valence electrons. The number of nitrogens with zero attached hydrogens (tertiary/aromatic N) is 1. The highest BCUT2D eigenvalue weighted by Crippen LogP contribution is 2.39. The maximum Gasteiger partial charge on any atom is 0.419 e. The SMILES string of the molecule is Nc1c(Cl)c(C(=O)O)nc(-c2ccc(C(F)(F)F)c(F)c2)c1Cl. The van der Waals surface area contributed by atoms with Crippen molar-refractivity contribution in [2.75, 3.05) is 5.73 Å². The molecule has 3 N–H and O–H groups in total. The molecule has 0 fully saturated rings. The van der Waals surface area contributed by atoms with E-state index < -0.39 is 34.2 Å². The zero-order valence-electron chi connectivity index (χ0n) is 10.9. The summed E-state index contributed by atoms with van der Waals surface area (Å²) in [6.45, 7) is 0. The summed E-state index contributed by atoms with van der Waals surface area (Å²) in [6.07, 6.45) is -4.87. The van der Waals surface area contributed by atoms with E-state index in [2.05, 4.69) is 4.98 Å². The summed E-state index contributed by atoms with van der Waals surface area (Å²) in [7, 11) is 0. The fourth-order valence-corrected chi connectivity index (χ4v) is 2.30. The van der Waals surface area contributed by atoms with Crippen LogP contribution in [-0.4, -0.2) is 16.1 Å². The molecule has 23 heavy (non-hydrogen) atoms. The number of rotatable bonds is 2. The minimum atomic E-state index is -4.87. The van der Waals surface area contributed by atoms with Crippen molar-refractivity contribution in [2.45, 2.75) is 6.18 Å². The normalized spacial score (nSPS) is 11.6. The first-order valence-electron chi connectivity index (χ1n) is 5.79. The van der Waals surface area contributed by atoms with Crippen molar-refractivity contribution >= 4 is 34.9 Å². The van der Waals surface area contributed by atoms with Gasteiger partial charge >= 0.3 is 12.1 Å². The predicted molar refractivity (Wildman–Crippen MR) is 76.0 cm³/mol. The number of benzene rings is 1. The molecule has 4 nitrogen and oxygen atoms in total. The first-order chi connectivity index (χ1) is 10.5. The number of aromatic nitrogens is 1. The van der Waals surface area contributed by atoms with Crippen molar-refractivity contribution in [1.82, 2.24) is 4.98 Å². The van der Waals surface area contributed by atoms with E-state index >= 15 is 0 Å². The molecule has 2 aromatic rings. The zero-order chi connectivity index (χ0) is 17.5. The third kappa shape index (κ3) is 3.18. The molecule has 0 saturated carbocycles. The Morgan fingerprint density at radius 3 is 2.30 bits per heavy atom. The molecule has 0 aliphatic rings. The number of carboxylic acid groups (broad SMARTS) is 1. The summed E-state index contributed by atoms with van der Waals surface area (Å²) >= 11 is 11.6. The minimum absolute atomic E-state index is 0.175. The van der Waals surface area contributed by atoms with Crippen LogP contribution in [0.2, 0.25) is 10.0 Å². The molecule has 0 atom stereocenters. The van der Waals surface area contributed by atoms with Crippen molar-refractivity contribution in [1.29, 1.82) is 0 Å². The van der Waals surface area contributed by atoms with Crippen LogP contribution in [0.3, 0.4) is 0 Å². The fourth-order valence-electron chi connectivity index (χ4n) is 1.79. The van der Waals surface area contributed by atoms with Gasteiger partial charge in [-0.2, -0.15) is 13.2 Å². The van der Waals surface area contributed by atoms with E-state index in [4.69, 9.17) is 34.0 Å². The number of nitrogen functional groups attached to an aromatic ring is 1. The lowest BCUT2D eigenvalue weighted by Crippen LogP contribution is -2.09. The summed E-state index contributed by atoms with van der Waals surface area (Å²) in [5.74, 6) is -3.08. The molecule has 0 aliphatic heterocycles. The highest BCUT2D eigenvalue weighted by molar-refractivity contribution is 6.41. The average Bonchev–Trinajstić information content (AvgIpc) is 2.43. The van der Waals surface area contributed by atoms with Crippen LogP contribution in [0.5, 0.6) is 0 Å². The van der Waals surface area contributed by atoms with Gasteiger partial charge in [-0.3, -0.25) is 0 Å². The summed E-state index contributed by atoms with van der Waals surface area (Å²) in [5.41, 5.74) is 2.64. The van der Waals surface area contributed by atoms with Crippen LogP contribution in [0, 0.1) is 5.82 Å². The maximum atomic E-state index is 13.6. The second kappa shape index (κ2) is 5.86. The van der Waals surface area contributed by atoms with Crippen LogP contribution in [0.15, 0.2) is 18.2 Å². The van der Waals surface area contributed by atoms with E-state index in [0.29, 0.717) is 12.1 Å². The lowest BCUT2D eigenvalue weighted by atomic mass is 10.1. The molecule has 1 aromatic carbocycles. The third-order valence-electron chi connectivity index (χ3n) is 2.86. The Bertz CT molecular complexity index is 810. The van der Waals surface area contributed by atoms with E-state index in [1.54, 1.807) is 0 Å². The minimum Gasteiger partial charge on any atom is -0.476 e. The van der Waals surface area contributed by atoms with Gasteiger partial charge in [0, 0.05) is 5.56 Å². The number of aromatic carboxylic acids is 1. The molecule has 0 unspecified atom stereocenters. The second-order valence-corrected chi connectivity index (χ2v) is 5.10.